The van der Waals surface area contributed by atoms with Crippen LogP contribution >= 0.6 is 24.8 Å². The Hall–Kier alpha value is 0.460. The zero-order valence-electron chi connectivity index (χ0n) is 9.86. The summed E-state index contributed by atoms with van der Waals surface area (Å²) in [6.45, 7) is 2.51. The molecule has 0 aromatic carbocycles. The maximum Gasteiger partial charge on any atom is 0.00952 e. The van der Waals surface area contributed by atoms with E-state index in [0.29, 0.717) is 6.04 Å². The van der Waals surface area contributed by atoms with Crippen LogP contribution in [0.15, 0.2) is 0 Å². The summed E-state index contributed by atoms with van der Waals surface area (Å²) in [5.74, 6) is 0. The molecule has 1 aliphatic carbocycles. The maximum absolute atomic E-state index is 5.90. The molecule has 0 aromatic heterocycles. The second kappa shape index (κ2) is 9.49. The van der Waals surface area contributed by atoms with Crippen LogP contribution < -0.4 is 5.73 Å². The van der Waals surface area contributed by atoms with E-state index in [1.807, 2.05) is 0 Å². The molecule has 2 rings (SSSR count). The molecule has 100 valence electrons. The molecule has 0 radical (unpaired) electrons. The van der Waals surface area contributed by atoms with Gasteiger partial charge < -0.3 is 16.1 Å². The zero-order valence-corrected chi connectivity index (χ0v) is 11.5. The molecule has 1 saturated carbocycles. The summed E-state index contributed by atoms with van der Waals surface area (Å²) in [7, 11) is 0. The standard InChI is InChI=1S/C11H22N2.2ClH.H2O/c12-10-6-8-13(9-7-10)11-4-2-1-3-5-11;;;/h10-11H,1-9,12H2;2*1H;1H2. The molecule has 0 spiro atoms. The lowest BCUT2D eigenvalue weighted by atomic mass is 9.92. The first-order chi connectivity index (χ1) is 6.36. The molecule has 1 saturated heterocycles. The molecule has 3 nitrogen and oxygen atoms in total. The molecule has 0 unspecified atom stereocenters. The number of likely N-dealkylation sites (tertiary alicyclic amines) is 1. The van der Waals surface area contributed by atoms with E-state index >= 15 is 0 Å². The second-order valence-corrected chi connectivity index (χ2v) is 4.67. The van der Waals surface area contributed by atoms with Gasteiger partial charge in [-0.15, -0.1) is 24.8 Å². The lowest BCUT2D eigenvalue weighted by Gasteiger charge is -2.38. The van der Waals surface area contributed by atoms with Crippen molar-refractivity contribution in [2.24, 2.45) is 5.73 Å². The highest BCUT2D eigenvalue weighted by molar-refractivity contribution is 5.85. The van der Waals surface area contributed by atoms with Crippen molar-refractivity contribution in [1.29, 1.82) is 0 Å². The zero-order chi connectivity index (χ0) is 9.10. The molecule has 5 heteroatoms. The van der Waals surface area contributed by atoms with Gasteiger partial charge in [-0.25, -0.2) is 0 Å². The molecule has 2 aliphatic rings. The van der Waals surface area contributed by atoms with Crippen molar-refractivity contribution in [1.82, 2.24) is 4.90 Å². The highest BCUT2D eigenvalue weighted by atomic mass is 35.5. The van der Waals surface area contributed by atoms with Crippen LogP contribution in [0.4, 0.5) is 0 Å². The van der Waals surface area contributed by atoms with Gasteiger partial charge in [0.25, 0.3) is 0 Å². The summed E-state index contributed by atoms with van der Waals surface area (Å²) < 4.78 is 0. The fourth-order valence-electron chi connectivity index (χ4n) is 2.73. The molecule has 1 aliphatic heterocycles. The number of nitrogens with zero attached hydrogens (tertiary/aromatic N) is 1. The van der Waals surface area contributed by atoms with Gasteiger partial charge in [-0.1, -0.05) is 19.3 Å². The minimum absolute atomic E-state index is 0. The van der Waals surface area contributed by atoms with Gasteiger partial charge >= 0.3 is 0 Å². The first-order valence-electron chi connectivity index (χ1n) is 5.86. The Bertz CT molecular complexity index is 158. The average Bonchev–Trinajstić information content (AvgIpc) is 2.20. The van der Waals surface area contributed by atoms with Crippen LogP contribution in [0, 0.1) is 0 Å². The SMILES string of the molecule is Cl.Cl.NC1CCN(C2CCCCC2)CC1.O. The fraction of sp³-hybridized carbons (Fsp3) is 1.00. The Morgan fingerprint density at radius 1 is 0.812 bits per heavy atom. The third kappa shape index (κ3) is 5.19. The van der Waals surface area contributed by atoms with Gasteiger partial charge in [-0.05, 0) is 38.8 Å². The quantitative estimate of drug-likeness (QED) is 0.791. The molecule has 0 aromatic rings. The number of piperidine rings is 1. The van der Waals surface area contributed by atoms with E-state index in [2.05, 4.69) is 4.90 Å². The molecule has 1 heterocycles. The normalized spacial score (nSPS) is 23.8. The van der Waals surface area contributed by atoms with Crippen molar-refractivity contribution >= 4 is 24.8 Å². The Balaban J connectivity index is 0. The highest BCUT2D eigenvalue weighted by Gasteiger charge is 2.24. The van der Waals surface area contributed by atoms with E-state index in [1.165, 1.54) is 58.0 Å². The Morgan fingerprint density at radius 2 is 1.31 bits per heavy atom. The third-order valence-electron chi connectivity index (χ3n) is 3.67. The van der Waals surface area contributed by atoms with E-state index in [1.54, 1.807) is 0 Å². The topological polar surface area (TPSA) is 60.8 Å². The van der Waals surface area contributed by atoms with Crippen LogP contribution in [0.5, 0.6) is 0 Å². The molecule has 2 fully saturated rings. The minimum atomic E-state index is 0. The molecule has 16 heavy (non-hydrogen) atoms. The molecular weight excluding hydrogens is 247 g/mol. The predicted molar refractivity (Wildman–Crippen MR) is 73.8 cm³/mol. The third-order valence-corrected chi connectivity index (χ3v) is 3.67. The van der Waals surface area contributed by atoms with E-state index in [0.717, 1.165) is 6.04 Å². The maximum atomic E-state index is 5.90. The Labute approximate surface area is 111 Å². The lowest BCUT2D eigenvalue weighted by molar-refractivity contribution is 0.123. The predicted octanol–water partition coefficient (Wildman–Crippen LogP) is 1.76. The van der Waals surface area contributed by atoms with Gasteiger partial charge in [0.05, 0.1) is 0 Å². The summed E-state index contributed by atoms with van der Waals surface area (Å²) in [5.41, 5.74) is 5.90. The molecule has 0 bridgehead atoms. The van der Waals surface area contributed by atoms with Gasteiger partial charge in [-0.2, -0.15) is 0 Å². The van der Waals surface area contributed by atoms with Crippen LogP contribution in [-0.4, -0.2) is 35.5 Å². The summed E-state index contributed by atoms with van der Waals surface area (Å²) in [5, 5.41) is 0. The first kappa shape index (κ1) is 18.8. The number of rotatable bonds is 1. The van der Waals surface area contributed by atoms with Gasteiger partial charge in [0.1, 0.15) is 0 Å². The summed E-state index contributed by atoms with van der Waals surface area (Å²) in [6.07, 6.45) is 9.68. The molecule has 0 amide bonds. The Morgan fingerprint density at radius 3 is 1.81 bits per heavy atom. The van der Waals surface area contributed by atoms with Gasteiger partial charge in [-0.3, -0.25) is 0 Å². The lowest BCUT2D eigenvalue weighted by Crippen LogP contribution is -2.45. The summed E-state index contributed by atoms with van der Waals surface area (Å²) >= 11 is 0. The van der Waals surface area contributed by atoms with Crippen molar-refractivity contribution in [3.05, 3.63) is 0 Å². The van der Waals surface area contributed by atoms with Gasteiger partial charge in [0.2, 0.25) is 0 Å². The van der Waals surface area contributed by atoms with Crippen molar-refractivity contribution in [2.75, 3.05) is 13.1 Å². The van der Waals surface area contributed by atoms with Crippen LogP contribution in [-0.2, 0) is 0 Å². The molecular formula is C11H26Cl2N2O. The van der Waals surface area contributed by atoms with E-state index in [4.69, 9.17) is 5.73 Å². The van der Waals surface area contributed by atoms with Crippen molar-refractivity contribution < 1.29 is 5.48 Å². The van der Waals surface area contributed by atoms with Crippen LogP contribution in [0.1, 0.15) is 44.9 Å². The van der Waals surface area contributed by atoms with Gasteiger partial charge in [0, 0.05) is 12.1 Å². The van der Waals surface area contributed by atoms with Crippen LogP contribution in [0.2, 0.25) is 0 Å². The van der Waals surface area contributed by atoms with Gasteiger partial charge in [0.15, 0.2) is 0 Å². The van der Waals surface area contributed by atoms with Crippen LogP contribution in [0.3, 0.4) is 0 Å². The van der Waals surface area contributed by atoms with E-state index in [9.17, 15) is 0 Å². The monoisotopic (exact) mass is 272 g/mol. The Kier molecular flexibility index (Phi) is 11.2. The van der Waals surface area contributed by atoms with Crippen molar-refractivity contribution in [3.63, 3.8) is 0 Å². The smallest absolute Gasteiger partial charge is 0.00952 e. The number of nitrogens with two attached hydrogens (primary N) is 1. The number of hydrogen-bond donors (Lipinski definition) is 1. The highest BCUT2D eigenvalue weighted by Crippen LogP contribution is 2.24. The van der Waals surface area contributed by atoms with E-state index < -0.39 is 0 Å². The fourth-order valence-corrected chi connectivity index (χ4v) is 2.73. The number of hydrogen-bond acceptors (Lipinski definition) is 2. The average molecular weight is 273 g/mol. The first-order valence-corrected chi connectivity index (χ1v) is 5.86. The number of halogens is 2. The summed E-state index contributed by atoms with van der Waals surface area (Å²) in [6, 6.07) is 1.39. The van der Waals surface area contributed by atoms with Crippen molar-refractivity contribution in [2.45, 2.75) is 57.0 Å². The molecule has 0 atom stereocenters. The summed E-state index contributed by atoms with van der Waals surface area (Å²) in [4.78, 5) is 2.68. The van der Waals surface area contributed by atoms with E-state index in [-0.39, 0.29) is 30.3 Å². The van der Waals surface area contributed by atoms with Crippen LogP contribution in [0.25, 0.3) is 0 Å². The minimum Gasteiger partial charge on any atom is -0.412 e. The largest absolute Gasteiger partial charge is 0.412 e. The second-order valence-electron chi connectivity index (χ2n) is 4.67. The van der Waals surface area contributed by atoms with Crippen molar-refractivity contribution in [3.8, 4) is 0 Å². The molecule has 4 N–H and O–H groups in total.